The first-order chi connectivity index (χ1) is 3.72. The summed E-state index contributed by atoms with van der Waals surface area (Å²) < 4.78 is 21.0. The first-order valence-corrected chi connectivity index (χ1v) is 3.19. The molecule has 1 fully saturated rings. The van der Waals surface area contributed by atoms with E-state index in [9.17, 15) is 8.76 Å². The summed E-state index contributed by atoms with van der Waals surface area (Å²) in [7, 11) is 0. The Balaban J connectivity index is 2.49. The van der Waals surface area contributed by atoms with E-state index >= 15 is 0 Å². The molecule has 0 amide bonds. The summed E-state index contributed by atoms with van der Waals surface area (Å²) in [6, 6.07) is 0. The van der Waals surface area contributed by atoms with Crippen molar-refractivity contribution in [1.29, 1.82) is 5.41 Å². The number of hydrogen-bond acceptors (Lipinski definition) is 3. The third kappa shape index (κ3) is 0.740. The molecule has 1 heterocycles. The van der Waals surface area contributed by atoms with Crippen LogP contribution in [0.1, 0.15) is 6.42 Å². The van der Waals surface area contributed by atoms with Crippen LogP contribution in [0.15, 0.2) is 0 Å². The smallest absolute Gasteiger partial charge is 0.109 e. The predicted octanol–water partition coefficient (Wildman–Crippen LogP) is -0.537. The number of nitrogens with zero attached hydrogens (tertiary/aromatic N) is 1. The van der Waals surface area contributed by atoms with E-state index in [1.54, 1.807) is 0 Å². The van der Waals surface area contributed by atoms with Gasteiger partial charge in [0.1, 0.15) is 5.84 Å². The number of nitrogens with one attached hydrogen (secondary N) is 1. The Labute approximate surface area is 49.4 Å². The lowest BCUT2D eigenvalue weighted by atomic mass is 10.3. The molecule has 4 nitrogen and oxygen atoms in total. The lowest BCUT2D eigenvalue weighted by molar-refractivity contribution is 0.442. The summed E-state index contributed by atoms with van der Waals surface area (Å²) in [6.45, 7) is 0.481. The molecule has 1 unspecified atom stereocenters. The highest BCUT2D eigenvalue weighted by molar-refractivity contribution is 7.77. The van der Waals surface area contributed by atoms with Crippen LogP contribution in [0.5, 0.6) is 0 Å². The van der Waals surface area contributed by atoms with Gasteiger partial charge >= 0.3 is 0 Å². The van der Waals surface area contributed by atoms with Crippen molar-refractivity contribution in [2.75, 3.05) is 6.54 Å². The molecule has 0 aliphatic carbocycles. The summed E-state index contributed by atoms with van der Waals surface area (Å²) in [5.41, 5.74) is 0. The molecular weight excluding hydrogens is 128 g/mol. The third-order valence-electron chi connectivity index (χ3n) is 1.03. The van der Waals surface area contributed by atoms with Gasteiger partial charge in [0, 0.05) is 24.2 Å². The SMILES string of the molecule is N=C1CCN1S(=O)[O-]. The number of amidine groups is 1. The third-order valence-corrected chi connectivity index (χ3v) is 1.80. The van der Waals surface area contributed by atoms with E-state index in [4.69, 9.17) is 5.41 Å². The van der Waals surface area contributed by atoms with Crippen molar-refractivity contribution in [2.45, 2.75) is 6.42 Å². The average molecular weight is 133 g/mol. The highest BCUT2D eigenvalue weighted by Crippen LogP contribution is 2.09. The lowest BCUT2D eigenvalue weighted by Gasteiger charge is -2.34. The van der Waals surface area contributed by atoms with Gasteiger partial charge in [-0.15, -0.1) is 0 Å². The van der Waals surface area contributed by atoms with Gasteiger partial charge in [0.2, 0.25) is 0 Å². The molecule has 1 atom stereocenters. The molecule has 8 heavy (non-hydrogen) atoms. The van der Waals surface area contributed by atoms with E-state index in [0.29, 0.717) is 13.0 Å². The Kier molecular flexibility index (Phi) is 1.31. The Hall–Kier alpha value is -0.420. The van der Waals surface area contributed by atoms with Gasteiger partial charge in [-0.25, -0.2) is 0 Å². The maximum Gasteiger partial charge on any atom is 0.109 e. The van der Waals surface area contributed by atoms with Crippen molar-refractivity contribution < 1.29 is 8.76 Å². The monoisotopic (exact) mass is 133 g/mol. The van der Waals surface area contributed by atoms with Crippen LogP contribution in [0.25, 0.3) is 0 Å². The van der Waals surface area contributed by atoms with Gasteiger partial charge in [0.05, 0.1) is 0 Å². The summed E-state index contributed by atoms with van der Waals surface area (Å²) in [5.74, 6) is 0.193. The van der Waals surface area contributed by atoms with Crippen LogP contribution in [-0.2, 0) is 11.3 Å². The van der Waals surface area contributed by atoms with Gasteiger partial charge < -0.3 is 4.55 Å². The summed E-state index contributed by atoms with van der Waals surface area (Å²) in [6.07, 6.45) is 0.591. The molecule has 0 bridgehead atoms. The van der Waals surface area contributed by atoms with Crippen molar-refractivity contribution in [3.63, 3.8) is 0 Å². The van der Waals surface area contributed by atoms with Gasteiger partial charge in [-0.2, -0.15) is 0 Å². The van der Waals surface area contributed by atoms with Gasteiger partial charge in [-0.1, -0.05) is 0 Å². The average Bonchev–Trinajstić information content (AvgIpc) is 1.61. The van der Waals surface area contributed by atoms with Crippen molar-refractivity contribution in [1.82, 2.24) is 4.31 Å². The Morgan fingerprint density at radius 3 is 2.50 bits per heavy atom. The summed E-state index contributed by atoms with van der Waals surface area (Å²) in [4.78, 5) is 0. The maximum absolute atomic E-state index is 9.98. The fraction of sp³-hybridized carbons (Fsp3) is 0.667. The van der Waals surface area contributed by atoms with E-state index in [1.165, 1.54) is 0 Å². The summed E-state index contributed by atoms with van der Waals surface area (Å²) >= 11 is -2.19. The number of rotatable bonds is 1. The Morgan fingerprint density at radius 2 is 2.50 bits per heavy atom. The van der Waals surface area contributed by atoms with Gasteiger partial charge in [0.25, 0.3) is 0 Å². The molecule has 1 rings (SSSR count). The second-order valence-corrected chi connectivity index (χ2v) is 2.39. The quantitative estimate of drug-likeness (QED) is 0.488. The van der Waals surface area contributed by atoms with E-state index in [0.717, 1.165) is 4.31 Å². The molecule has 5 heteroatoms. The fourth-order valence-corrected chi connectivity index (χ4v) is 0.991. The minimum absolute atomic E-state index is 0.193. The molecule has 1 N–H and O–H groups in total. The van der Waals surface area contributed by atoms with Crippen LogP contribution >= 0.6 is 0 Å². The van der Waals surface area contributed by atoms with Crippen molar-refractivity contribution >= 4 is 17.1 Å². The maximum atomic E-state index is 9.98. The summed E-state index contributed by atoms with van der Waals surface area (Å²) in [5, 5.41) is 6.85. The fourth-order valence-electron chi connectivity index (χ4n) is 0.479. The normalized spacial score (nSPS) is 22.6. The zero-order valence-corrected chi connectivity index (χ0v) is 4.90. The number of hydrogen-bond donors (Lipinski definition) is 1. The standard InChI is InChI=1S/C3H6N2O2S/c4-3-1-2-5(3)8(6)7/h4H,1-2H2,(H,6,7)/p-1. The minimum atomic E-state index is -2.19. The first kappa shape index (κ1) is 5.71. The lowest BCUT2D eigenvalue weighted by Crippen LogP contribution is -2.43. The molecule has 0 radical (unpaired) electrons. The van der Waals surface area contributed by atoms with E-state index < -0.39 is 11.3 Å². The Bertz CT molecular complexity index is 138. The highest BCUT2D eigenvalue weighted by Gasteiger charge is 2.19. The molecule has 1 aliphatic rings. The van der Waals surface area contributed by atoms with Gasteiger partial charge in [-0.05, 0) is 0 Å². The van der Waals surface area contributed by atoms with Crippen LogP contribution in [-0.4, -0.2) is 25.4 Å². The molecule has 1 aliphatic heterocycles. The largest absolute Gasteiger partial charge is 0.755 e. The molecule has 0 aromatic carbocycles. The molecule has 46 valence electrons. The molecule has 0 saturated carbocycles. The van der Waals surface area contributed by atoms with Crippen LogP contribution in [0, 0.1) is 5.41 Å². The zero-order valence-electron chi connectivity index (χ0n) is 4.09. The van der Waals surface area contributed by atoms with Crippen LogP contribution in [0.3, 0.4) is 0 Å². The van der Waals surface area contributed by atoms with Gasteiger partial charge in [-0.3, -0.25) is 13.9 Å². The molecular formula is C3H5N2O2S-. The van der Waals surface area contributed by atoms with Crippen LogP contribution in [0.2, 0.25) is 0 Å². The highest BCUT2D eigenvalue weighted by atomic mass is 32.2. The second kappa shape index (κ2) is 1.83. The second-order valence-electron chi connectivity index (χ2n) is 1.52. The van der Waals surface area contributed by atoms with Gasteiger partial charge in [0.15, 0.2) is 0 Å². The predicted molar refractivity (Wildman–Crippen MR) is 28.0 cm³/mol. The van der Waals surface area contributed by atoms with E-state index in [-0.39, 0.29) is 5.84 Å². The molecule has 0 aromatic heterocycles. The van der Waals surface area contributed by atoms with E-state index in [1.807, 2.05) is 0 Å². The van der Waals surface area contributed by atoms with Crippen molar-refractivity contribution in [2.24, 2.45) is 0 Å². The van der Waals surface area contributed by atoms with Crippen molar-refractivity contribution in [3.8, 4) is 0 Å². The molecule has 1 saturated heterocycles. The Morgan fingerprint density at radius 1 is 1.88 bits per heavy atom. The van der Waals surface area contributed by atoms with E-state index in [2.05, 4.69) is 0 Å². The molecule has 0 aromatic rings. The van der Waals surface area contributed by atoms with Crippen molar-refractivity contribution in [3.05, 3.63) is 0 Å². The first-order valence-electron chi connectivity index (χ1n) is 2.16. The topological polar surface area (TPSA) is 67.2 Å². The molecule has 0 spiro atoms. The minimum Gasteiger partial charge on any atom is -0.755 e. The zero-order chi connectivity index (χ0) is 6.15. The van der Waals surface area contributed by atoms with Crippen LogP contribution < -0.4 is 0 Å². The van der Waals surface area contributed by atoms with Crippen LogP contribution in [0.4, 0.5) is 0 Å².